The lowest BCUT2D eigenvalue weighted by atomic mass is 10.2. The third-order valence-corrected chi connectivity index (χ3v) is 4.48. The fourth-order valence-corrected chi connectivity index (χ4v) is 2.60. The Kier molecular flexibility index (Phi) is 6.78. The van der Waals surface area contributed by atoms with E-state index in [0.29, 0.717) is 18.9 Å². The molecule has 1 aromatic rings. The van der Waals surface area contributed by atoms with Crippen LogP contribution in [-0.4, -0.2) is 41.1 Å². The Morgan fingerprint density at radius 2 is 2.00 bits per heavy atom. The average Bonchev–Trinajstić information content (AvgIpc) is 2.33. The zero-order valence-corrected chi connectivity index (χ0v) is 13.4. The van der Waals surface area contributed by atoms with Crippen LogP contribution >= 0.6 is 15.9 Å². The minimum Gasteiger partial charge on any atom is -0.382 e. The molecule has 0 saturated carbocycles. The molecule has 0 saturated heterocycles. The predicted molar refractivity (Wildman–Crippen MR) is 79.0 cm³/mol. The molecule has 0 aliphatic carbocycles. The summed E-state index contributed by atoms with van der Waals surface area (Å²) in [5, 5.41) is 0. The third kappa shape index (κ3) is 6.38. The molecule has 0 fully saturated rings. The minimum atomic E-state index is -3.39. The number of rotatable bonds is 8. The summed E-state index contributed by atoms with van der Waals surface area (Å²) in [5.74, 6) is -0.0811. The normalized spacial score (nSPS) is 11.5. The molecule has 5 nitrogen and oxygen atoms in total. The summed E-state index contributed by atoms with van der Waals surface area (Å²) in [6.07, 6.45) is 0. The van der Waals surface area contributed by atoms with E-state index in [-0.39, 0.29) is 12.4 Å². The van der Waals surface area contributed by atoms with Crippen molar-refractivity contribution in [3.8, 4) is 0 Å². The van der Waals surface area contributed by atoms with Gasteiger partial charge in [-0.3, -0.25) is 4.72 Å². The second-order valence-electron chi connectivity index (χ2n) is 3.99. The molecule has 1 aromatic carbocycles. The molecule has 1 rings (SSSR count). The van der Waals surface area contributed by atoms with Gasteiger partial charge in [-0.2, -0.15) is 0 Å². The molecule has 0 aliphatic heterocycles. The number of hydrogen-bond donors (Lipinski definition) is 1. The van der Waals surface area contributed by atoms with Gasteiger partial charge < -0.3 is 9.47 Å². The maximum Gasteiger partial charge on any atom is 0.235 e. The highest BCUT2D eigenvalue weighted by atomic mass is 79.9. The van der Waals surface area contributed by atoms with Crippen LogP contribution in [0, 0.1) is 6.92 Å². The van der Waals surface area contributed by atoms with Crippen LogP contribution in [0.25, 0.3) is 0 Å². The second kappa shape index (κ2) is 7.84. The SMILES string of the molecule is COCCOCCS(=O)(=O)Nc1ccc(C)c(Br)c1. The monoisotopic (exact) mass is 351 g/mol. The molecular weight excluding hydrogens is 334 g/mol. The van der Waals surface area contributed by atoms with Crippen LogP contribution in [-0.2, 0) is 19.5 Å². The molecule has 0 spiro atoms. The molecule has 1 N–H and O–H groups in total. The van der Waals surface area contributed by atoms with E-state index < -0.39 is 10.0 Å². The summed E-state index contributed by atoms with van der Waals surface area (Å²) in [6.45, 7) is 2.93. The Morgan fingerprint density at radius 1 is 1.26 bits per heavy atom. The zero-order chi connectivity index (χ0) is 14.3. The second-order valence-corrected chi connectivity index (χ2v) is 6.69. The average molecular weight is 352 g/mol. The van der Waals surface area contributed by atoms with Gasteiger partial charge in [0.25, 0.3) is 0 Å². The first-order valence-electron chi connectivity index (χ1n) is 5.78. The highest BCUT2D eigenvalue weighted by Gasteiger charge is 2.10. The molecule has 0 unspecified atom stereocenters. The quantitative estimate of drug-likeness (QED) is 0.729. The molecule has 0 bridgehead atoms. The smallest absolute Gasteiger partial charge is 0.235 e. The molecule has 19 heavy (non-hydrogen) atoms. The molecular formula is C12H18BrNO4S. The summed E-state index contributed by atoms with van der Waals surface area (Å²) in [6, 6.07) is 5.30. The summed E-state index contributed by atoms with van der Waals surface area (Å²) < 4.78 is 36.9. The number of benzene rings is 1. The van der Waals surface area contributed by atoms with Crippen molar-refractivity contribution in [1.82, 2.24) is 0 Å². The Morgan fingerprint density at radius 3 is 2.63 bits per heavy atom. The fourth-order valence-electron chi connectivity index (χ4n) is 1.30. The lowest BCUT2D eigenvalue weighted by molar-refractivity contribution is 0.0785. The van der Waals surface area contributed by atoms with Crippen LogP contribution in [0.5, 0.6) is 0 Å². The van der Waals surface area contributed by atoms with Gasteiger partial charge in [-0.1, -0.05) is 22.0 Å². The molecule has 0 atom stereocenters. The van der Waals surface area contributed by atoms with Gasteiger partial charge in [0.15, 0.2) is 0 Å². The van der Waals surface area contributed by atoms with Crippen LogP contribution < -0.4 is 4.72 Å². The molecule has 7 heteroatoms. The molecule has 0 amide bonds. The maximum absolute atomic E-state index is 11.8. The molecule has 0 heterocycles. The van der Waals surface area contributed by atoms with Gasteiger partial charge in [0.05, 0.1) is 25.6 Å². The van der Waals surface area contributed by atoms with Crippen LogP contribution in [0.2, 0.25) is 0 Å². The van der Waals surface area contributed by atoms with Gasteiger partial charge in [0.2, 0.25) is 10.0 Å². The van der Waals surface area contributed by atoms with E-state index in [0.717, 1.165) is 10.0 Å². The lowest BCUT2D eigenvalue weighted by Gasteiger charge is -2.09. The van der Waals surface area contributed by atoms with E-state index in [1.54, 1.807) is 19.2 Å². The van der Waals surface area contributed by atoms with Crippen molar-refractivity contribution in [1.29, 1.82) is 0 Å². The summed E-state index contributed by atoms with van der Waals surface area (Å²) in [7, 11) is -1.82. The van der Waals surface area contributed by atoms with Gasteiger partial charge in [-0.25, -0.2) is 8.42 Å². The number of halogens is 1. The number of aryl methyl sites for hydroxylation is 1. The first-order chi connectivity index (χ1) is 8.94. The number of ether oxygens (including phenoxy) is 2. The van der Waals surface area contributed by atoms with Gasteiger partial charge in [-0.05, 0) is 24.6 Å². The van der Waals surface area contributed by atoms with E-state index >= 15 is 0 Å². The summed E-state index contributed by atoms with van der Waals surface area (Å²) in [4.78, 5) is 0. The Bertz CT molecular complexity index is 504. The van der Waals surface area contributed by atoms with Crippen molar-refractivity contribution >= 4 is 31.6 Å². The predicted octanol–water partition coefficient (Wildman–Crippen LogP) is 2.16. The van der Waals surface area contributed by atoms with Crippen molar-refractivity contribution in [3.05, 3.63) is 28.2 Å². The standard InChI is InChI=1S/C12H18BrNO4S/c1-10-3-4-11(9-12(10)13)14-19(15,16)8-7-18-6-5-17-2/h3-4,9,14H,5-8H2,1-2H3. The number of nitrogens with one attached hydrogen (secondary N) is 1. The fraction of sp³-hybridized carbons (Fsp3) is 0.500. The van der Waals surface area contributed by atoms with Crippen LogP contribution in [0.3, 0.4) is 0 Å². The highest BCUT2D eigenvalue weighted by Crippen LogP contribution is 2.21. The third-order valence-electron chi connectivity index (χ3n) is 2.37. The molecule has 0 radical (unpaired) electrons. The van der Waals surface area contributed by atoms with Crippen molar-refractivity contribution in [3.63, 3.8) is 0 Å². The van der Waals surface area contributed by atoms with Crippen LogP contribution in [0.15, 0.2) is 22.7 Å². The van der Waals surface area contributed by atoms with Crippen molar-refractivity contribution in [2.24, 2.45) is 0 Å². The summed E-state index contributed by atoms with van der Waals surface area (Å²) >= 11 is 3.36. The van der Waals surface area contributed by atoms with E-state index in [4.69, 9.17) is 9.47 Å². The van der Waals surface area contributed by atoms with Gasteiger partial charge in [0.1, 0.15) is 0 Å². The van der Waals surface area contributed by atoms with Crippen LogP contribution in [0.4, 0.5) is 5.69 Å². The Hall–Kier alpha value is -0.630. The van der Waals surface area contributed by atoms with E-state index in [9.17, 15) is 8.42 Å². The van der Waals surface area contributed by atoms with Gasteiger partial charge in [-0.15, -0.1) is 0 Å². The number of anilines is 1. The van der Waals surface area contributed by atoms with Crippen molar-refractivity contribution in [2.75, 3.05) is 37.4 Å². The minimum absolute atomic E-state index is 0.0811. The lowest BCUT2D eigenvalue weighted by Crippen LogP contribution is -2.21. The van der Waals surface area contributed by atoms with E-state index in [1.165, 1.54) is 0 Å². The van der Waals surface area contributed by atoms with E-state index in [1.807, 2.05) is 13.0 Å². The molecule has 0 aromatic heterocycles. The largest absolute Gasteiger partial charge is 0.382 e. The Labute approximate surface area is 122 Å². The maximum atomic E-state index is 11.8. The molecule has 108 valence electrons. The number of hydrogen-bond acceptors (Lipinski definition) is 4. The van der Waals surface area contributed by atoms with Gasteiger partial charge in [0, 0.05) is 17.3 Å². The topological polar surface area (TPSA) is 64.6 Å². The first-order valence-corrected chi connectivity index (χ1v) is 8.22. The highest BCUT2D eigenvalue weighted by molar-refractivity contribution is 9.10. The molecule has 0 aliphatic rings. The van der Waals surface area contributed by atoms with E-state index in [2.05, 4.69) is 20.7 Å². The number of methoxy groups -OCH3 is 1. The number of sulfonamides is 1. The zero-order valence-electron chi connectivity index (χ0n) is 11.0. The van der Waals surface area contributed by atoms with Crippen molar-refractivity contribution < 1.29 is 17.9 Å². The Balaban J connectivity index is 2.47. The van der Waals surface area contributed by atoms with Gasteiger partial charge >= 0.3 is 0 Å². The van der Waals surface area contributed by atoms with Crippen molar-refractivity contribution in [2.45, 2.75) is 6.92 Å². The summed E-state index contributed by atoms with van der Waals surface area (Å²) in [5.41, 5.74) is 1.58. The van der Waals surface area contributed by atoms with Crippen LogP contribution in [0.1, 0.15) is 5.56 Å². The first kappa shape index (κ1) is 16.4.